The van der Waals surface area contributed by atoms with Crippen molar-refractivity contribution in [2.75, 3.05) is 58.0 Å². The van der Waals surface area contributed by atoms with Gasteiger partial charge in [-0.1, -0.05) is 0 Å². The lowest BCUT2D eigenvalue weighted by atomic mass is 9.92. The summed E-state index contributed by atoms with van der Waals surface area (Å²) in [4.78, 5) is 63.8. The number of carboxylic acids is 1. The molecule has 2 aliphatic heterocycles. The van der Waals surface area contributed by atoms with Crippen LogP contribution in [0.3, 0.4) is 0 Å². The lowest BCUT2D eigenvalue weighted by Crippen LogP contribution is -2.49. The van der Waals surface area contributed by atoms with Crippen LogP contribution in [0.15, 0.2) is 58.8 Å². The fourth-order valence-electron chi connectivity index (χ4n) is 5.45. The van der Waals surface area contributed by atoms with Crippen LogP contribution in [0, 0.1) is 16.6 Å². The summed E-state index contributed by atoms with van der Waals surface area (Å²) in [5, 5.41) is 9.57. The number of carbonyl (C=O) groups excluding carboxylic acids is 2. The van der Waals surface area contributed by atoms with E-state index in [9.17, 15) is 42.6 Å². The second-order valence-electron chi connectivity index (χ2n) is 11.5. The number of rotatable bonds is 16. The van der Waals surface area contributed by atoms with Gasteiger partial charge >= 0.3 is 13.7 Å². The molecule has 0 bridgehead atoms. The summed E-state index contributed by atoms with van der Waals surface area (Å²) in [5.41, 5.74) is -0.619. The van der Waals surface area contributed by atoms with Crippen LogP contribution in [-0.2, 0) is 28.2 Å². The van der Waals surface area contributed by atoms with Crippen molar-refractivity contribution in [3.05, 3.63) is 64.6 Å². The Hall–Kier alpha value is -3.98. The molecule has 47 heavy (non-hydrogen) atoms. The van der Waals surface area contributed by atoms with Gasteiger partial charge < -0.3 is 29.3 Å². The Labute approximate surface area is 269 Å². The number of piperidine rings is 1. The molecule has 1 aromatic rings. The highest BCUT2D eigenvalue weighted by Gasteiger charge is 2.44. The molecule has 1 aliphatic carbocycles. The van der Waals surface area contributed by atoms with E-state index in [0.29, 0.717) is 24.4 Å². The number of nitroso groups, excluding NO2 is 1. The van der Waals surface area contributed by atoms with E-state index in [1.165, 1.54) is 18.2 Å². The maximum Gasteiger partial charge on any atom is 0.487 e. The first-order valence-electron chi connectivity index (χ1n) is 14.9. The number of anilines is 1. The lowest BCUT2D eigenvalue weighted by Gasteiger charge is -2.40. The maximum atomic E-state index is 15.0. The summed E-state index contributed by atoms with van der Waals surface area (Å²) < 4.78 is 56.4. The van der Waals surface area contributed by atoms with E-state index in [2.05, 4.69) is 9.68 Å². The molecule has 0 spiro atoms. The molecule has 3 aliphatic rings. The summed E-state index contributed by atoms with van der Waals surface area (Å²) in [5.74, 6) is -4.38. The minimum Gasteiger partial charge on any atom is -0.487 e. The van der Waals surface area contributed by atoms with Crippen LogP contribution in [0.5, 0.6) is 5.75 Å². The number of halogens is 2. The van der Waals surface area contributed by atoms with E-state index in [1.807, 2.05) is 4.90 Å². The van der Waals surface area contributed by atoms with Crippen LogP contribution in [0.25, 0.3) is 0 Å². The summed E-state index contributed by atoms with van der Waals surface area (Å²) in [6, 6.07) is 4.21. The zero-order valence-electron chi connectivity index (χ0n) is 25.7. The topological polar surface area (TPSA) is 176 Å². The smallest absolute Gasteiger partial charge is 0.487 e. The largest absolute Gasteiger partial charge is 0.487 e. The number of carbonyl (C=O) groups is 3. The van der Waals surface area contributed by atoms with Crippen LogP contribution in [0.1, 0.15) is 25.7 Å². The molecule has 17 heteroatoms. The van der Waals surface area contributed by atoms with Crippen molar-refractivity contribution in [1.29, 1.82) is 0 Å². The molecule has 2 fully saturated rings. The molecule has 256 valence electrons. The normalized spacial score (nSPS) is 22.9. The summed E-state index contributed by atoms with van der Waals surface area (Å²) in [6.07, 6.45) is 7.46. The Kier molecular flexibility index (Phi) is 12.0. The average Bonchev–Trinajstić information content (AvgIpc) is 3.89. The molecule has 0 radical (unpaired) electrons. The van der Waals surface area contributed by atoms with Gasteiger partial charge in [-0.25, -0.2) is 13.3 Å². The summed E-state index contributed by atoms with van der Waals surface area (Å²) in [7, 11) is -3.23. The number of ketones is 1. The fraction of sp³-hybridized carbons (Fsp3) is 0.500. The number of carboxylic acid groups (broad SMARTS) is 1. The highest BCUT2D eigenvalue weighted by atomic mass is 31.2. The molecule has 1 aromatic carbocycles. The first kappa shape index (κ1) is 35.9. The fourth-order valence-corrected chi connectivity index (χ4v) is 6.23. The van der Waals surface area contributed by atoms with Crippen LogP contribution < -0.4 is 9.64 Å². The van der Waals surface area contributed by atoms with Crippen LogP contribution in [0.2, 0.25) is 0 Å². The van der Waals surface area contributed by atoms with Crippen molar-refractivity contribution >= 4 is 31.7 Å². The Morgan fingerprint density at radius 1 is 1.26 bits per heavy atom. The zero-order valence-corrected chi connectivity index (χ0v) is 26.6. The predicted octanol–water partition coefficient (Wildman–Crippen LogP) is 3.57. The zero-order chi connectivity index (χ0) is 34.2. The molecule has 2 heterocycles. The molecule has 1 saturated heterocycles. The molecule has 14 nitrogen and oxygen atoms in total. The molecule has 0 aromatic heterocycles. The molecule has 2 N–H and O–H groups in total. The standard InChI is InChI=1S/C30H37F2N4O10P/c1-34(16-17-44-20-37)22-4-5-27(25(32)18-22)45-19-30(46-47(42,43)33-41)9-14-35(15-10-30)12-8-26-23(6-11-31)28(38)24(29(39)40)7-13-36(26)21-2-3-21/h4-8,13,18,20-21,24H,2-3,9-12,14-17,19H2,1H3,(H,39,40)(H,42,43)/b23-6+,26-8?. The summed E-state index contributed by atoms with van der Waals surface area (Å²) >= 11 is 0. The van der Waals surface area contributed by atoms with Gasteiger partial charge in [-0.15, -0.1) is 4.91 Å². The number of benzene rings is 1. The van der Waals surface area contributed by atoms with Gasteiger partial charge in [-0.05, 0) is 56.0 Å². The molecule has 2 unspecified atom stereocenters. The van der Waals surface area contributed by atoms with Gasteiger partial charge in [-0.2, -0.15) is 0 Å². The van der Waals surface area contributed by atoms with E-state index < -0.39 is 43.5 Å². The Bertz CT molecular complexity index is 1480. The molecular formula is C30H37F2N4O10P. The van der Waals surface area contributed by atoms with Crippen molar-refractivity contribution in [2.45, 2.75) is 37.3 Å². The Morgan fingerprint density at radius 3 is 2.57 bits per heavy atom. The van der Waals surface area contributed by atoms with Gasteiger partial charge in [0.05, 0.1) is 6.54 Å². The molecule has 1 saturated carbocycles. The van der Waals surface area contributed by atoms with Crippen molar-refractivity contribution in [3.63, 3.8) is 0 Å². The maximum absolute atomic E-state index is 15.0. The van der Waals surface area contributed by atoms with Gasteiger partial charge in [0.2, 0.25) is 0 Å². The monoisotopic (exact) mass is 682 g/mol. The third-order valence-electron chi connectivity index (χ3n) is 8.21. The third-order valence-corrected chi connectivity index (χ3v) is 9.05. The number of likely N-dealkylation sites (N-methyl/N-ethyl adjacent to an activating group) is 1. The first-order chi connectivity index (χ1) is 22.4. The van der Waals surface area contributed by atoms with Crippen molar-refractivity contribution in [2.24, 2.45) is 10.9 Å². The van der Waals surface area contributed by atoms with E-state index >= 15 is 0 Å². The van der Waals surface area contributed by atoms with E-state index in [-0.39, 0.29) is 63.1 Å². The molecule has 4 rings (SSSR count). The lowest BCUT2D eigenvalue weighted by molar-refractivity contribution is -0.143. The number of aliphatic carboxylic acids is 1. The predicted molar refractivity (Wildman–Crippen MR) is 165 cm³/mol. The van der Waals surface area contributed by atoms with Gasteiger partial charge in [0.25, 0.3) is 6.47 Å². The third kappa shape index (κ3) is 9.31. The van der Waals surface area contributed by atoms with E-state index in [1.54, 1.807) is 35.2 Å². The van der Waals surface area contributed by atoms with Crippen molar-refractivity contribution in [3.8, 4) is 5.75 Å². The molecule has 2 atom stereocenters. The molecule has 0 amide bonds. The van der Waals surface area contributed by atoms with Crippen molar-refractivity contribution in [1.82, 2.24) is 9.80 Å². The van der Waals surface area contributed by atoms with Crippen LogP contribution in [0.4, 0.5) is 14.5 Å². The van der Waals surface area contributed by atoms with Crippen LogP contribution in [-0.4, -0.2) is 103 Å². The van der Waals surface area contributed by atoms with Gasteiger partial charge in [-0.3, -0.25) is 23.8 Å². The van der Waals surface area contributed by atoms with Gasteiger partial charge in [0.1, 0.15) is 31.4 Å². The first-order valence-corrected chi connectivity index (χ1v) is 16.5. The second-order valence-corrected chi connectivity index (χ2v) is 12.8. The minimum atomic E-state index is -4.91. The molecular weight excluding hydrogens is 645 g/mol. The number of ether oxygens (including phenoxy) is 2. The van der Waals surface area contributed by atoms with Gasteiger partial charge in [0, 0.05) is 66.9 Å². The number of allylic oxidation sites excluding steroid dienone is 2. The second kappa shape index (κ2) is 15.7. The Morgan fingerprint density at radius 2 is 1.98 bits per heavy atom. The quantitative estimate of drug-likeness (QED) is 0.0647. The van der Waals surface area contributed by atoms with Crippen LogP contribution >= 0.6 is 7.75 Å². The SMILES string of the molecule is CN(CCOC=O)c1ccc(OCC2(OP(=O)(O)N=O)CCN(CC=C3/C(=C\CF)C(=O)C(C(=O)O)C=CN3C3CC3)CC2)c(F)c1. The highest BCUT2D eigenvalue weighted by Crippen LogP contribution is 2.50. The van der Waals surface area contributed by atoms with Gasteiger partial charge in [0.15, 0.2) is 17.3 Å². The summed E-state index contributed by atoms with van der Waals surface area (Å²) in [6.45, 7) is 0.163. The highest BCUT2D eigenvalue weighted by molar-refractivity contribution is 7.51. The number of Topliss-reactive ketones (excluding diaryl/α,β-unsaturated/α-hetero) is 1. The number of likely N-dealkylation sites (tertiary alicyclic amines) is 1. The van der Waals surface area contributed by atoms with E-state index in [0.717, 1.165) is 18.9 Å². The number of hydrogen-bond donors (Lipinski definition) is 2. The Balaban J connectivity index is 1.47. The minimum absolute atomic E-state index is 0.0216. The van der Waals surface area contributed by atoms with E-state index in [4.69, 9.17) is 9.26 Å². The van der Waals surface area contributed by atoms with Crippen molar-refractivity contribution < 1.29 is 51.7 Å². The average molecular weight is 683 g/mol. The number of nitrogens with zero attached hydrogens (tertiary/aromatic N) is 4. The number of alkyl halides is 1. The number of hydrogen-bond acceptors (Lipinski definition) is 11.